The summed E-state index contributed by atoms with van der Waals surface area (Å²) < 4.78 is 0. The number of carbonyl (C=O) groups is 2. The van der Waals surface area contributed by atoms with Crippen molar-refractivity contribution in [2.45, 2.75) is 57.0 Å². The molecule has 2 rings (SSSR count). The molecule has 2 aliphatic rings. The molecule has 1 aliphatic heterocycles. The molecule has 1 unspecified atom stereocenters. The fourth-order valence-corrected chi connectivity index (χ4v) is 3.14. The van der Waals surface area contributed by atoms with Crippen molar-refractivity contribution in [2.75, 3.05) is 6.54 Å². The first-order chi connectivity index (χ1) is 8.58. The summed E-state index contributed by atoms with van der Waals surface area (Å²) in [6.07, 6.45) is 5.37. The van der Waals surface area contributed by atoms with Gasteiger partial charge in [-0.15, -0.1) is 0 Å². The summed E-state index contributed by atoms with van der Waals surface area (Å²) in [7, 11) is 0. The summed E-state index contributed by atoms with van der Waals surface area (Å²) in [5, 5.41) is 8.86. The van der Waals surface area contributed by atoms with E-state index in [1.165, 1.54) is 0 Å². The van der Waals surface area contributed by atoms with Gasteiger partial charge in [-0.25, -0.2) is 0 Å². The van der Waals surface area contributed by atoms with Crippen LogP contribution >= 0.6 is 0 Å². The normalized spacial score (nSPS) is 32.5. The minimum Gasteiger partial charge on any atom is -0.481 e. The first-order valence-electron chi connectivity index (χ1n) is 6.85. The molecule has 2 fully saturated rings. The Balaban J connectivity index is 1.93. The number of hydrogen-bond donors (Lipinski definition) is 2. The summed E-state index contributed by atoms with van der Waals surface area (Å²) in [5.74, 6) is -0.588. The summed E-state index contributed by atoms with van der Waals surface area (Å²) >= 11 is 0. The van der Waals surface area contributed by atoms with Crippen molar-refractivity contribution in [1.29, 1.82) is 0 Å². The second-order valence-corrected chi connectivity index (χ2v) is 5.54. The molecular weight excluding hydrogens is 232 g/mol. The zero-order chi connectivity index (χ0) is 13.1. The van der Waals surface area contributed by atoms with Gasteiger partial charge in [-0.05, 0) is 38.5 Å². The van der Waals surface area contributed by atoms with Gasteiger partial charge in [-0.2, -0.15) is 0 Å². The highest BCUT2D eigenvalue weighted by Gasteiger charge is 2.35. The number of nitrogens with two attached hydrogens (primary N) is 1. The number of carbonyl (C=O) groups excluding carboxylic acids is 1. The number of nitrogens with zero attached hydrogens (tertiary/aromatic N) is 1. The molecule has 5 nitrogen and oxygen atoms in total. The van der Waals surface area contributed by atoms with Gasteiger partial charge in [-0.1, -0.05) is 0 Å². The maximum Gasteiger partial charge on any atom is 0.305 e. The van der Waals surface area contributed by atoms with Crippen molar-refractivity contribution >= 4 is 11.9 Å². The molecule has 0 aromatic rings. The molecule has 1 saturated heterocycles. The van der Waals surface area contributed by atoms with Crippen LogP contribution < -0.4 is 5.73 Å². The zero-order valence-electron chi connectivity index (χ0n) is 10.7. The van der Waals surface area contributed by atoms with Crippen LogP contribution in [0.2, 0.25) is 0 Å². The van der Waals surface area contributed by atoms with Gasteiger partial charge in [0.05, 0.1) is 6.42 Å². The lowest BCUT2D eigenvalue weighted by Crippen LogP contribution is -2.42. The molecule has 1 heterocycles. The SMILES string of the molecule is NC1CCC(C(=O)N2CCCC2CC(=O)O)CC1. The highest BCUT2D eigenvalue weighted by molar-refractivity contribution is 5.80. The minimum atomic E-state index is -0.814. The predicted molar refractivity (Wildman–Crippen MR) is 66.9 cm³/mol. The van der Waals surface area contributed by atoms with Crippen LogP contribution in [-0.4, -0.2) is 40.5 Å². The standard InChI is InChI=1S/C13H22N2O3/c14-10-5-3-9(4-6-10)13(18)15-7-1-2-11(15)8-12(16)17/h9-11H,1-8,14H2,(H,16,17). The van der Waals surface area contributed by atoms with E-state index in [-0.39, 0.29) is 30.3 Å². The third-order valence-electron chi connectivity index (χ3n) is 4.19. The van der Waals surface area contributed by atoms with E-state index in [1.807, 2.05) is 0 Å². The van der Waals surface area contributed by atoms with Gasteiger partial charge in [0.2, 0.25) is 5.91 Å². The van der Waals surface area contributed by atoms with E-state index < -0.39 is 5.97 Å². The van der Waals surface area contributed by atoms with Crippen LogP contribution in [-0.2, 0) is 9.59 Å². The average Bonchev–Trinajstić information content (AvgIpc) is 2.76. The first kappa shape index (κ1) is 13.3. The summed E-state index contributed by atoms with van der Waals surface area (Å²) in [6, 6.07) is 0.146. The van der Waals surface area contributed by atoms with Crippen molar-refractivity contribution in [3.8, 4) is 0 Å². The molecule has 3 N–H and O–H groups in total. The molecule has 0 aromatic carbocycles. The second-order valence-electron chi connectivity index (χ2n) is 5.54. The molecule has 1 aliphatic carbocycles. The molecule has 1 atom stereocenters. The van der Waals surface area contributed by atoms with Gasteiger partial charge in [0.15, 0.2) is 0 Å². The fourth-order valence-electron chi connectivity index (χ4n) is 3.14. The number of likely N-dealkylation sites (tertiary alicyclic amines) is 1. The van der Waals surface area contributed by atoms with E-state index in [9.17, 15) is 9.59 Å². The van der Waals surface area contributed by atoms with Crippen molar-refractivity contribution in [2.24, 2.45) is 11.7 Å². The van der Waals surface area contributed by atoms with E-state index in [4.69, 9.17) is 10.8 Å². The Labute approximate surface area is 107 Å². The molecule has 1 amide bonds. The van der Waals surface area contributed by atoms with Gasteiger partial charge in [0.25, 0.3) is 0 Å². The van der Waals surface area contributed by atoms with Crippen molar-refractivity contribution < 1.29 is 14.7 Å². The number of carboxylic acids is 1. The second kappa shape index (κ2) is 5.69. The molecule has 0 spiro atoms. The van der Waals surface area contributed by atoms with Crippen LogP contribution in [0.4, 0.5) is 0 Å². The van der Waals surface area contributed by atoms with E-state index in [1.54, 1.807) is 4.90 Å². The maximum absolute atomic E-state index is 12.4. The van der Waals surface area contributed by atoms with E-state index in [2.05, 4.69) is 0 Å². The largest absolute Gasteiger partial charge is 0.481 e. The number of carboxylic acid groups (broad SMARTS) is 1. The summed E-state index contributed by atoms with van der Waals surface area (Å²) in [4.78, 5) is 25.0. The third kappa shape index (κ3) is 3.02. The lowest BCUT2D eigenvalue weighted by Gasteiger charge is -2.31. The molecule has 1 saturated carbocycles. The molecule has 0 bridgehead atoms. The van der Waals surface area contributed by atoms with Crippen LogP contribution in [0.15, 0.2) is 0 Å². The topological polar surface area (TPSA) is 83.6 Å². The van der Waals surface area contributed by atoms with Gasteiger partial charge < -0.3 is 15.7 Å². The van der Waals surface area contributed by atoms with Gasteiger partial charge in [-0.3, -0.25) is 9.59 Å². The fraction of sp³-hybridized carbons (Fsp3) is 0.846. The Hall–Kier alpha value is -1.10. The van der Waals surface area contributed by atoms with Gasteiger partial charge >= 0.3 is 5.97 Å². The van der Waals surface area contributed by atoms with Crippen LogP contribution in [0.5, 0.6) is 0 Å². The van der Waals surface area contributed by atoms with Crippen LogP contribution in [0.1, 0.15) is 44.9 Å². The lowest BCUT2D eigenvalue weighted by atomic mass is 9.85. The highest BCUT2D eigenvalue weighted by atomic mass is 16.4. The Morgan fingerprint density at radius 1 is 1.17 bits per heavy atom. The lowest BCUT2D eigenvalue weighted by molar-refractivity contribution is -0.141. The Morgan fingerprint density at radius 3 is 2.44 bits per heavy atom. The van der Waals surface area contributed by atoms with E-state index in [0.717, 1.165) is 45.1 Å². The Morgan fingerprint density at radius 2 is 1.83 bits per heavy atom. The monoisotopic (exact) mass is 254 g/mol. The predicted octanol–water partition coefficient (Wildman–Crippen LogP) is 0.970. The maximum atomic E-state index is 12.4. The molecule has 5 heteroatoms. The number of rotatable bonds is 3. The van der Waals surface area contributed by atoms with E-state index >= 15 is 0 Å². The highest BCUT2D eigenvalue weighted by Crippen LogP contribution is 2.29. The van der Waals surface area contributed by atoms with Crippen LogP contribution in [0, 0.1) is 5.92 Å². The van der Waals surface area contributed by atoms with Gasteiger partial charge in [0.1, 0.15) is 0 Å². The molecule has 0 aromatic heterocycles. The zero-order valence-corrected chi connectivity index (χ0v) is 10.7. The summed E-state index contributed by atoms with van der Waals surface area (Å²) in [5.41, 5.74) is 5.84. The molecule has 18 heavy (non-hydrogen) atoms. The minimum absolute atomic E-state index is 0.0687. The third-order valence-corrected chi connectivity index (χ3v) is 4.19. The molecule has 0 radical (unpaired) electrons. The number of amides is 1. The van der Waals surface area contributed by atoms with Crippen LogP contribution in [0.25, 0.3) is 0 Å². The number of hydrogen-bond acceptors (Lipinski definition) is 3. The van der Waals surface area contributed by atoms with Crippen LogP contribution in [0.3, 0.4) is 0 Å². The molecule has 102 valence electrons. The van der Waals surface area contributed by atoms with Gasteiger partial charge in [0, 0.05) is 24.5 Å². The van der Waals surface area contributed by atoms with Crippen molar-refractivity contribution in [3.05, 3.63) is 0 Å². The van der Waals surface area contributed by atoms with Crippen molar-refractivity contribution in [1.82, 2.24) is 4.90 Å². The summed E-state index contributed by atoms with van der Waals surface area (Å²) in [6.45, 7) is 0.722. The smallest absolute Gasteiger partial charge is 0.305 e. The first-order valence-corrected chi connectivity index (χ1v) is 6.85. The quantitative estimate of drug-likeness (QED) is 0.786. The van der Waals surface area contributed by atoms with E-state index in [0.29, 0.717) is 0 Å². The number of aliphatic carboxylic acids is 1. The van der Waals surface area contributed by atoms with Crippen molar-refractivity contribution in [3.63, 3.8) is 0 Å². The Kier molecular flexibility index (Phi) is 4.22. The molecular formula is C13H22N2O3. The average molecular weight is 254 g/mol. The Bertz CT molecular complexity index is 324.